The molecule has 7 heteroatoms. The highest BCUT2D eigenvalue weighted by Crippen LogP contribution is 2.37. The van der Waals surface area contributed by atoms with Crippen molar-refractivity contribution >= 4 is 28.3 Å². The summed E-state index contributed by atoms with van der Waals surface area (Å²) in [5.74, 6) is 1.39. The largest absolute Gasteiger partial charge is 0.493 e. The van der Waals surface area contributed by atoms with Crippen molar-refractivity contribution in [1.29, 1.82) is 0 Å². The van der Waals surface area contributed by atoms with E-state index in [4.69, 9.17) is 19.3 Å². The van der Waals surface area contributed by atoms with Gasteiger partial charge in [0.05, 0.1) is 31.4 Å². The van der Waals surface area contributed by atoms with Gasteiger partial charge >= 0.3 is 0 Å². The summed E-state index contributed by atoms with van der Waals surface area (Å²) in [6, 6.07) is 12.3. The van der Waals surface area contributed by atoms with Gasteiger partial charge in [-0.05, 0) is 46.1 Å². The van der Waals surface area contributed by atoms with Crippen molar-refractivity contribution in [2.24, 2.45) is 0 Å². The lowest BCUT2D eigenvalue weighted by molar-refractivity contribution is 0.0938. The van der Waals surface area contributed by atoms with Gasteiger partial charge in [-0.1, -0.05) is 29.8 Å². The predicted octanol–water partition coefficient (Wildman–Crippen LogP) is 3.87. The van der Waals surface area contributed by atoms with Crippen molar-refractivity contribution in [3.63, 3.8) is 0 Å². The summed E-state index contributed by atoms with van der Waals surface area (Å²) in [6.07, 6.45) is 0. The Balaban J connectivity index is 0.00000364. The van der Waals surface area contributed by atoms with Crippen molar-refractivity contribution in [3.05, 3.63) is 57.6 Å². The Morgan fingerprint density at radius 1 is 1.07 bits per heavy atom. The van der Waals surface area contributed by atoms with Gasteiger partial charge in [-0.15, -0.1) is 12.4 Å². The van der Waals surface area contributed by atoms with Crippen LogP contribution >= 0.6 is 28.3 Å². The minimum atomic E-state index is 0. The molecule has 0 bridgehead atoms. The van der Waals surface area contributed by atoms with Crippen molar-refractivity contribution in [2.45, 2.75) is 20.1 Å². The number of rotatable bonds is 11. The van der Waals surface area contributed by atoms with E-state index in [9.17, 15) is 0 Å². The molecule has 0 aliphatic heterocycles. The minimum absolute atomic E-state index is 0. The molecule has 5 nitrogen and oxygen atoms in total. The summed E-state index contributed by atoms with van der Waals surface area (Å²) in [6.45, 7) is 4.94. The Labute approximate surface area is 175 Å². The lowest BCUT2D eigenvalue weighted by Gasteiger charge is -2.15. The molecule has 0 radical (unpaired) electrons. The van der Waals surface area contributed by atoms with Gasteiger partial charge in [0.1, 0.15) is 6.61 Å². The van der Waals surface area contributed by atoms with Gasteiger partial charge in [-0.3, -0.25) is 0 Å². The normalized spacial score (nSPS) is 10.4. The number of hydrogen-bond donors (Lipinski definition) is 2. The van der Waals surface area contributed by atoms with Crippen molar-refractivity contribution in [3.8, 4) is 11.5 Å². The first-order valence-corrected chi connectivity index (χ1v) is 9.37. The van der Waals surface area contributed by atoms with Gasteiger partial charge in [0.25, 0.3) is 0 Å². The number of aliphatic hydroxyl groups excluding tert-OH is 1. The summed E-state index contributed by atoms with van der Waals surface area (Å²) in [4.78, 5) is 0. The number of methoxy groups -OCH3 is 1. The molecule has 0 aliphatic rings. The molecule has 0 spiro atoms. The average molecular weight is 461 g/mol. The smallest absolute Gasteiger partial charge is 0.175 e. The van der Waals surface area contributed by atoms with E-state index in [0.717, 1.165) is 15.6 Å². The molecule has 0 saturated heterocycles. The molecule has 27 heavy (non-hydrogen) atoms. The van der Waals surface area contributed by atoms with Crippen LogP contribution < -0.4 is 14.8 Å². The number of halogens is 2. The predicted molar refractivity (Wildman–Crippen MR) is 113 cm³/mol. The summed E-state index contributed by atoms with van der Waals surface area (Å²) < 4.78 is 17.6. The first-order chi connectivity index (χ1) is 12.6. The second-order valence-electron chi connectivity index (χ2n) is 5.90. The molecule has 0 saturated carbocycles. The number of ether oxygens (including phenoxy) is 3. The standard InChI is InChI=1S/C20H26BrNO4.ClH/c1-15-3-5-16(6-4-15)14-26-20-18(21)11-17(12-19(20)24-2)13-22-7-9-25-10-8-23;/h3-6,11-12,22-23H,7-10,13-14H2,1-2H3;1H. The monoisotopic (exact) mass is 459 g/mol. The first-order valence-electron chi connectivity index (χ1n) is 8.58. The van der Waals surface area contributed by atoms with E-state index in [1.807, 2.05) is 12.1 Å². The van der Waals surface area contributed by atoms with Gasteiger partial charge in [0.15, 0.2) is 11.5 Å². The zero-order valence-corrected chi connectivity index (χ0v) is 18.1. The van der Waals surface area contributed by atoms with Crippen LogP contribution in [0.15, 0.2) is 40.9 Å². The van der Waals surface area contributed by atoms with Crippen LogP contribution in [0, 0.1) is 6.92 Å². The van der Waals surface area contributed by atoms with E-state index in [-0.39, 0.29) is 19.0 Å². The summed E-state index contributed by atoms with van der Waals surface area (Å²) in [7, 11) is 1.64. The molecule has 0 amide bonds. The lowest BCUT2D eigenvalue weighted by atomic mass is 10.1. The molecular formula is C20H27BrClNO4. The minimum Gasteiger partial charge on any atom is -0.493 e. The lowest BCUT2D eigenvalue weighted by Crippen LogP contribution is -2.20. The van der Waals surface area contributed by atoms with Crippen molar-refractivity contribution < 1.29 is 19.3 Å². The molecule has 0 fully saturated rings. The number of hydrogen-bond acceptors (Lipinski definition) is 5. The molecule has 0 atom stereocenters. The molecule has 0 aromatic heterocycles. The van der Waals surface area contributed by atoms with E-state index in [0.29, 0.717) is 44.4 Å². The van der Waals surface area contributed by atoms with Crippen molar-refractivity contribution in [2.75, 3.05) is 33.5 Å². The Morgan fingerprint density at radius 3 is 2.48 bits per heavy atom. The van der Waals surface area contributed by atoms with E-state index in [1.165, 1.54) is 5.56 Å². The highest BCUT2D eigenvalue weighted by atomic mass is 79.9. The number of benzene rings is 2. The summed E-state index contributed by atoms with van der Waals surface area (Å²) >= 11 is 3.58. The van der Waals surface area contributed by atoms with Crippen LogP contribution in [0.1, 0.15) is 16.7 Å². The third kappa shape index (κ3) is 8.07. The van der Waals surface area contributed by atoms with Gasteiger partial charge in [0.2, 0.25) is 0 Å². The van der Waals surface area contributed by atoms with E-state index in [1.54, 1.807) is 7.11 Å². The number of aryl methyl sites for hydroxylation is 1. The highest BCUT2D eigenvalue weighted by Gasteiger charge is 2.12. The third-order valence-corrected chi connectivity index (χ3v) is 4.37. The Morgan fingerprint density at radius 2 is 1.81 bits per heavy atom. The van der Waals surface area contributed by atoms with Gasteiger partial charge in [-0.2, -0.15) is 0 Å². The molecule has 0 unspecified atom stereocenters. The highest BCUT2D eigenvalue weighted by molar-refractivity contribution is 9.10. The SMILES string of the molecule is COc1cc(CNCCOCCO)cc(Br)c1OCc1ccc(C)cc1.Cl. The fraction of sp³-hybridized carbons (Fsp3) is 0.400. The van der Waals surface area contributed by atoms with Gasteiger partial charge < -0.3 is 24.6 Å². The van der Waals surface area contributed by atoms with Crippen LogP contribution in [0.2, 0.25) is 0 Å². The van der Waals surface area contributed by atoms with E-state index >= 15 is 0 Å². The Kier molecular flexibility index (Phi) is 11.4. The molecule has 2 aromatic carbocycles. The maximum atomic E-state index is 8.67. The fourth-order valence-corrected chi connectivity index (χ4v) is 3.00. The molecule has 2 aromatic rings. The van der Waals surface area contributed by atoms with Crippen LogP contribution in [-0.2, 0) is 17.9 Å². The molecular weight excluding hydrogens is 434 g/mol. The summed E-state index contributed by atoms with van der Waals surface area (Å²) in [5, 5.41) is 12.0. The maximum absolute atomic E-state index is 8.67. The molecule has 0 heterocycles. The third-order valence-electron chi connectivity index (χ3n) is 3.78. The second-order valence-corrected chi connectivity index (χ2v) is 6.75. The number of aliphatic hydroxyl groups is 1. The van der Waals surface area contributed by atoms with Gasteiger partial charge in [0, 0.05) is 13.1 Å². The van der Waals surface area contributed by atoms with Crippen LogP contribution in [0.5, 0.6) is 11.5 Å². The summed E-state index contributed by atoms with van der Waals surface area (Å²) in [5.41, 5.74) is 3.42. The molecule has 0 aliphatic carbocycles. The van der Waals surface area contributed by atoms with Crippen LogP contribution in [0.3, 0.4) is 0 Å². The topological polar surface area (TPSA) is 60.0 Å². The van der Waals surface area contributed by atoms with Crippen LogP contribution in [0.25, 0.3) is 0 Å². The Hall–Kier alpha value is -1.31. The Bertz CT molecular complexity index is 682. The van der Waals surface area contributed by atoms with Gasteiger partial charge in [-0.25, -0.2) is 0 Å². The van der Waals surface area contributed by atoms with Crippen LogP contribution in [0.4, 0.5) is 0 Å². The zero-order chi connectivity index (χ0) is 18.8. The fourth-order valence-electron chi connectivity index (χ4n) is 2.40. The number of nitrogens with one attached hydrogen (secondary N) is 1. The molecule has 150 valence electrons. The average Bonchev–Trinajstić information content (AvgIpc) is 2.64. The molecule has 2 rings (SSSR count). The molecule has 2 N–H and O–H groups in total. The second kappa shape index (κ2) is 13.0. The van der Waals surface area contributed by atoms with Crippen LogP contribution in [-0.4, -0.2) is 38.6 Å². The zero-order valence-electron chi connectivity index (χ0n) is 15.7. The maximum Gasteiger partial charge on any atom is 0.175 e. The van der Waals surface area contributed by atoms with E-state index < -0.39 is 0 Å². The first kappa shape index (κ1) is 23.7. The van der Waals surface area contributed by atoms with Crippen molar-refractivity contribution in [1.82, 2.24) is 5.32 Å². The quantitative estimate of drug-likeness (QED) is 0.499. The van der Waals surface area contributed by atoms with E-state index in [2.05, 4.69) is 52.4 Å².